The van der Waals surface area contributed by atoms with Crippen LogP contribution in [0.2, 0.25) is 0 Å². The van der Waals surface area contributed by atoms with Crippen LogP contribution in [0.5, 0.6) is 0 Å². The fourth-order valence-electron chi connectivity index (χ4n) is 1.75. The van der Waals surface area contributed by atoms with Crippen molar-refractivity contribution in [2.75, 3.05) is 0 Å². The monoisotopic (exact) mass is 199 g/mol. The van der Waals surface area contributed by atoms with Gasteiger partial charge in [0.2, 0.25) is 11.8 Å². The molecule has 0 aromatic heterocycles. The molecule has 0 aromatic rings. The average Bonchev–Trinajstić information content (AvgIpc) is 2.07. The highest BCUT2D eigenvalue weighted by Gasteiger charge is 2.23. The zero-order chi connectivity index (χ0) is 10.6. The van der Waals surface area contributed by atoms with Crippen molar-refractivity contribution in [3.05, 3.63) is 0 Å². The third-order valence-electron chi connectivity index (χ3n) is 2.50. The second kappa shape index (κ2) is 4.95. The van der Waals surface area contributed by atoms with Crippen LogP contribution >= 0.6 is 0 Å². The fraction of sp³-hybridized carbons (Fsp3) is 0.778. The first-order valence-corrected chi connectivity index (χ1v) is 4.93. The summed E-state index contributed by atoms with van der Waals surface area (Å²) in [4.78, 5) is 21.7. The van der Waals surface area contributed by atoms with Crippen LogP contribution in [0.25, 0.3) is 0 Å². The van der Waals surface area contributed by atoms with Gasteiger partial charge in [-0.3, -0.25) is 9.59 Å². The first-order chi connectivity index (χ1) is 6.59. The largest absolute Gasteiger partial charge is 0.369 e. The molecule has 0 saturated heterocycles. The molecule has 0 spiro atoms. The minimum Gasteiger partial charge on any atom is -0.369 e. The van der Waals surface area contributed by atoms with Crippen LogP contribution in [-0.4, -0.2) is 23.9 Å². The number of rotatable bonds is 3. The van der Waals surface area contributed by atoms with Crippen LogP contribution in [0.15, 0.2) is 0 Å². The van der Waals surface area contributed by atoms with Crippen LogP contribution in [0.1, 0.15) is 32.1 Å². The van der Waals surface area contributed by atoms with Crippen molar-refractivity contribution in [1.82, 2.24) is 5.32 Å². The third kappa shape index (κ3) is 3.33. The second-order valence-electron chi connectivity index (χ2n) is 3.77. The van der Waals surface area contributed by atoms with Gasteiger partial charge in [-0.05, 0) is 12.8 Å². The molecule has 0 bridgehead atoms. The lowest BCUT2D eigenvalue weighted by Crippen LogP contribution is -2.49. The van der Waals surface area contributed by atoms with E-state index in [1.54, 1.807) is 0 Å². The Labute approximate surface area is 83.2 Å². The van der Waals surface area contributed by atoms with Gasteiger partial charge in [0, 0.05) is 12.1 Å². The molecule has 5 nitrogen and oxygen atoms in total. The van der Waals surface area contributed by atoms with Crippen LogP contribution in [0, 0.1) is 0 Å². The van der Waals surface area contributed by atoms with E-state index < -0.39 is 5.91 Å². The van der Waals surface area contributed by atoms with Crippen molar-refractivity contribution >= 4 is 11.8 Å². The molecule has 0 heterocycles. The topological polar surface area (TPSA) is 98.2 Å². The van der Waals surface area contributed by atoms with Gasteiger partial charge in [0.05, 0.1) is 0 Å². The molecule has 1 aliphatic rings. The van der Waals surface area contributed by atoms with Gasteiger partial charge >= 0.3 is 0 Å². The third-order valence-corrected chi connectivity index (χ3v) is 2.50. The molecule has 2 amide bonds. The first kappa shape index (κ1) is 11.0. The maximum absolute atomic E-state index is 11.2. The van der Waals surface area contributed by atoms with Gasteiger partial charge in [-0.25, -0.2) is 0 Å². The highest BCUT2D eigenvalue weighted by Crippen LogP contribution is 2.16. The summed E-state index contributed by atoms with van der Waals surface area (Å²) in [5, 5.41) is 2.74. The van der Waals surface area contributed by atoms with Crippen molar-refractivity contribution < 1.29 is 9.59 Å². The molecular formula is C9H17N3O2. The van der Waals surface area contributed by atoms with Crippen LogP contribution in [0.4, 0.5) is 0 Å². The maximum Gasteiger partial charge on any atom is 0.229 e. The minimum absolute atomic E-state index is 0.00981. The fourth-order valence-corrected chi connectivity index (χ4v) is 1.75. The summed E-state index contributed by atoms with van der Waals surface area (Å²) in [5.74, 6) is -0.924. The summed E-state index contributed by atoms with van der Waals surface area (Å²) >= 11 is 0. The lowest BCUT2D eigenvalue weighted by molar-refractivity contribution is -0.128. The molecule has 0 aromatic carbocycles. The molecule has 80 valence electrons. The molecule has 0 aliphatic heterocycles. The van der Waals surface area contributed by atoms with E-state index in [-0.39, 0.29) is 24.4 Å². The predicted octanol–water partition coefficient (Wildman–Crippen LogP) is -0.752. The van der Waals surface area contributed by atoms with Crippen molar-refractivity contribution in [3.8, 4) is 0 Å². The summed E-state index contributed by atoms with van der Waals surface area (Å²) in [6, 6.07) is 0.0242. The van der Waals surface area contributed by atoms with Crippen LogP contribution in [0.3, 0.4) is 0 Å². The zero-order valence-corrected chi connectivity index (χ0v) is 8.16. The van der Waals surface area contributed by atoms with E-state index in [9.17, 15) is 9.59 Å². The van der Waals surface area contributed by atoms with Crippen molar-refractivity contribution in [2.24, 2.45) is 11.5 Å². The van der Waals surface area contributed by atoms with E-state index >= 15 is 0 Å². The van der Waals surface area contributed by atoms with Gasteiger partial charge in [0.15, 0.2) is 0 Å². The Morgan fingerprint density at radius 3 is 2.50 bits per heavy atom. The van der Waals surface area contributed by atoms with E-state index in [0.717, 1.165) is 25.7 Å². The predicted molar refractivity (Wildman–Crippen MR) is 52.2 cm³/mol. The van der Waals surface area contributed by atoms with E-state index in [4.69, 9.17) is 11.5 Å². The number of hydrogen-bond acceptors (Lipinski definition) is 3. The molecular weight excluding hydrogens is 182 g/mol. The van der Waals surface area contributed by atoms with E-state index in [1.165, 1.54) is 0 Å². The Balaban J connectivity index is 2.34. The van der Waals surface area contributed by atoms with Gasteiger partial charge in [0.1, 0.15) is 6.42 Å². The van der Waals surface area contributed by atoms with Crippen molar-refractivity contribution in [1.29, 1.82) is 0 Å². The van der Waals surface area contributed by atoms with E-state index in [2.05, 4.69) is 5.32 Å². The van der Waals surface area contributed by atoms with Gasteiger partial charge in [-0.1, -0.05) is 12.8 Å². The van der Waals surface area contributed by atoms with E-state index in [0.29, 0.717) is 0 Å². The molecule has 1 rings (SSSR count). The summed E-state index contributed by atoms with van der Waals surface area (Å²) < 4.78 is 0. The lowest BCUT2D eigenvalue weighted by atomic mass is 9.91. The number of nitrogens with one attached hydrogen (secondary N) is 1. The Morgan fingerprint density at radius 2 is 1.93 bits per heavy atom. The van der Waals surface area contributed by atoms with Gasteiger partial charge in [-0.15, -0.1) is 0 Å². The van der Waals surface area contributed by atoms with Crippen molar-refractivity contribution in [3.63, 3.8) is 0 Å². The molecule has 5 heteroatoms. The Kier molecular flexibility index (Phi) is 3.88. The quantitative estimate of drug-likeness (QED) is 0.521. The first-order valence-electron chi connectivity index (χ1n) is 4.93. The normalized spacial score (nSPS) is 26.9. The van der Waals surface area contributed by atoms with Gasteiger partial charge in [-0.2, -0.15) is 0 Å². The standard InChI is InChI=1S/C9H17N3O2/c10-6-3-1-2-4-7(6)12-9(14)5-8(11)13/h6-7H,1-5,10H2,(H2,11,13)(H,12,14)/t6-,7-/m1/s1. The molecule has 1 saturated carbocycles. The smallest absolute Gasteiger partial charge is 0.229 e. The Morgan fingerprint density at radius 1 is 1.29 bits per heavy atom. The number of carbonyl (C=O) groups excluding carboxylic acids is 2. The summed E-state index contributed by atoms with van der Waals surface area (Å²) in [7, 11) is 0. The SMILES string of the molecule is NC(=O)CC(=O)N[C@@H]1CCCC[C@H]1N. The summed E-state index contributed by atoms with van der Waals surface area (Å²) in [6.07, 6.45) is 3.77. The minimum atomic E-state index is -0.605. The van der Waals surface area contributed by atoms with Crippen LogP contribution < -0.4 is 16.8 Å². The Bertz CT molecular complexity index is 230. The Hall–Kier alpha value is -1.10. The van der Waals surface area contributed by atoms with E-state index in [1.807, 2.05) is 0 Å². The number of hydrogen-bond donors (Lipinski definition) is 3. The average molecular weight is 199 g/mol. The number of amides is 2. The molecule has 2 atom stereocenters. The molecule has 1 fully saturated rings. The van der Waals surface area contributed by atoms with Crippen LogP contribution in [-0.2, 0) is 9.59 Å². The van der Waals surface area contributed by atoms with Gasteiger partial charge in [0.25, 0.3) is 0 Å². The molecule has 0 unspecified atom stereocenters. The summed E-state index contributed by atoms with van der Waals surface area (Å²) in [5.41, 5.74) is 10.7. The molecule has 0 radical (unpaired) electrons. The zero-order valence-electron chi connectivity index (χ0n) is 8.16. The lowest BCUT2D eigenvalue weighted by Gasteiger charge is -2.29. The number of nitrogens with two attached hydrogens (primary N) is 2. The summed E-state index contributed by atoms with van der Waals surface area (Å²) in [6.45, 7) is 0. The second-order valence-corrected chi connectivity index (χ2v) is 3.77. The maximum atomic E-state index is 11.2. The molecule has 5 N–H and O–H groups in total. The highest BCUT2D eigenvalue weighted by molar-refractivity contribution is 5.96. The highest BCUT2D eigenvalue weighted by atomic mass is 16.2. The van der Waals surface area contributed by atoms with Gasteiger partial charge < -0.3 is 16.8 Å². The molecule has 14 heavy (non-hydrogen) atoms. The number of primary amides is 1. The van der Waals surface area contributed by atoms with Crippen molar-refractivity contribution in [2.45, 2.75) is 44.2 Å². The number of carbonyl (C=O) groups is 2. The molecule has 1 aliphatic carbocycles.